The lowest BCUT2D eigenvalue weighted by Crippen LogP contribution is -2.41. The minimum Gasteiger partial charge on any atom is -0.492 e. The van der Waals surface area contributed by atoms with Crippen LogP contribution in [0.1, 0.15) is 12.8 Å². The number of carbonyl (C=O) groups excluding carboxylic acids is 1. The van der Waals surface area contributed by atoms with Crippen molar-refractivity contribution in [2.75, 3.05) is 19.7 Å². The molecule has 6 heteroatoms. The lowest BCUT2D eigenvalue weighted by molar-refractivity contribution is -0.122. The molecule has 1 aromatic carbocycles. The molecule has 1 amide bonds. The predicted octanol–water partition coefficient (Wildman–Crippen LogP) is 1.21. The normalized spacial score (nSPS) is 18.3. The van der Waals surface area contributed by atoms with Crippen LogP contribution >= 0.6 is 0 Å². The van der Waals surface area contributed by atoms with Crippen LogP contribution in [0.2, 0.25) is 0 Å². The van der Waals surface area contributed by atoms with E-state index in [-0.39, 0.29) is 24.3 Å². The lowest BCUT2D eigenvalue weighted by Gasteiger charge is -2.11. The van der Waals surface area contributed by atoms with Crippen LogP contribution in [-0.4, -0.2) is 31.6 Å². The molecule has 0 radical (unpaired) electrons. The topological polar surface area (TPSA) is 50.4 Å². The molecule has 2 rings (SSSR count). The van der Waals surface area contributed by atoms with Gasteiger partial charge in [-0.1, -0.05) is 0 Å². The molecule has 1 fully saturated rings. The molecular formula is C13H16F2N2O2. The van der Waals surface area contributed by atoms with Crippen molar-refractivity contribution in [1.82, 2.24) is 10.6 Å². The van der Waals surface area contributed by atoms with Crippen molar-refractivity contribution in [3.05, 3.63) is 29.8 Å². The fraction of sp³-hybridized carbons (Fsp3) is 0.462. The third-order valence-corrected chi connectivity index (χ3v) is 2.94. The Labute approximate surface area is 110 Å². The minimum atomic E-state index is -0.948. The first-order chi connectivity index (χ1) is 9.16. The highest BCUT2D eigenvalue weighted by Crippen LogP contribution is 2.15. The standard InChI is InChI=1S/C13H16F2N2O2/c14-10-4-3-9(8-11(10)15)19-7-6-17-13(18)12-2-1-5-16-12/h3-4,8,12,16H,1-2,5-7H2,(H,17,18). The Balaban J connectivity index is 1.68. The van der Waals surface area contributed by atoms with E-state index in [0.717, 1.165) is 31.5 Å². The highest BCUT2D eigenvalue weighted by Gasteiger charge is 2.21. The van der Waals surface area contributed by atoms with Crippen molar-refractivity contribution < 1.29 is 18.3 Å². The van der Waals surface area contributed by atoms with E-state index in [1.807, 2.05) is 0 Å². The maximum Gasteiger partial charge on any atom is 0.237 e. The Hall–Kier alpha value is -1.69. The van der Waals surface area contributed by atoms with Crippen LogP contribution in [0.4, 0.5) is 8.78 Å². The summed E-state index contributed by atoms with van der Waals surface area (Å²) >= 11 is 0. The molecule has 0 spiro atoms. The van der Waals surface area contributed by atoms with E-state index >= 15 is 0 Å². The Kier molecular flexibility index (Phi) is 4.68. The number of amides is 1. The number of ether oxygens (including phenoxy) is 1. The van der Waals surface area contributed by atoms with Crippen LogP contribution < -0.4 is 15.4 Å². The SMILES string of the molecule is O=C(NCCOc1ccc(F)c(F)c1)C1CCCN1. The number of nitrogens with one attached hydrogen (secondary N) is 2. The summed E-state index contributed by atoms with van der Waals surface area (Å²) in [6.07, 6.45) is 1.85. The lowest BCUT2D eigenvalue weighted by atomic mass is 10.2. The highest BCUT2D eigenvalue weighted by molar-refractivity contribution is 5.81. The average molecular weight is 270 g/mol. The largest absolute Gasteiger partial charge is 0.492 e. The second-order valence-electron chi connectivity index (χ2n) is 4.36. The maximum absolute atomic E-state index is 12.9. The second-order valence-corrected chi connectivity index (χ2v) is 4.36. The van der Waals surface area contributed by atoms with Gasteiger partial charge in [0, 0.05) is 6.07 Å². The molecular weight excluding hydrogens is 254 g/mol. The van der Waals surface area contributed by atoms with Gasteiger partial charge in [0.2, 0.25) is 5.91 Å². The number of halogens is 2. The average Bonchev–Trinajstić information content (AvgIpc) is 2.92. The molecule has 1 unspecified atom stereocenters. The summed E-state index contributed by atoms with van der Waals surface area (Å²) in [7, 11) is 0. The predicted molar refractivity (Wildman–Crippen MR) is 65.9 cm³/mol. The van der Waals surface area contributed by atoms with E-state index < -0.39 is 11.6 Å². The smallest absolute Gasteiger partial charge is 0.237 e. The molecule has 0 aliphatic carbocycles. The van der Waals surface area contributed by atoms with Crippen LogP contribution in [0.3, 0.4) is 0 Å². The minimum absolute atomic E-state index is 0.0496. The van der Waals surface area contributed by atoms with Crippen molar-refractivity contribution in [3.8, 4) is 5.75 Å². The Morgan fingerprint density at radius 2 is 2.26 bits per heavy atom. The molecule has 0 aromatic heterocycles. The maximum atomic E-state index is 12.9. The van der Waals surface area contributed by atoms with Crippen LogP contribution in [-0.2, 0) is 4.79 Å². The van der Waals surface area contributed by atoms with Crippen LogP contribution in [0.5, 0.6) is 5.75 Å². The summed E-state index contributed by atoms with van der Waals surface area (Å²) < 4.78 is 30.8. The molecule has 19 heavy (non-hydrogen) atoms. The van der Waals surface area contributed by atoms with Gasteiger partial charge in [0.25, 0.3) is 0 Å². The van der Waals surface area contributed by atoms with E-state index in [9.17, 15) is 13.6 Å². The van der Waals surface area contributed by atoms with Gasteiger partial charge in [0.1, 0.15) is 12.4 Å². The first-order valence-electron chi connectivity index (χ1n) is 6.26. The third-order valence-electron chi connectivity index (χ3n) is 2.94. The van der Waals surface area contributed by atoms with E-state index in [0.29, 0.717) is 6.54 Å². The van der Waals surface area contributed by atoms with Gasteiger partial charge in [-0.05, 0) is 31.5 Å². The first-order valence-corrected chi connectivity index (χ1v) is 6.26. The van der Waals surface area contributed by atoms with Crippen molar-refractivity contribution in [2.24, 2.45) is 0 Å². The quantitative estimate of drug-likeness (QED) is 0.791. The van der Waals surface area contributed by atoms with E-state index in [1.165, 1.54) is 6.07 Å². The monoisotopic (exact) mass is 270 g/mol. The van der Waals surface area contributed by atoms with E-state index in [1.54, 1.807) is 0 Å². The molecule has 4 nitrogen and oxygen atoms in total. The molecule has 0 saturated carbocycles. The van der Waals surface area contributed by atoms with Gasteiger partial charge >= 0.3 is 0 Å². The zero-order chi connectivity index (χ0) is 13.7. The molecule has 1 heterocycles. The molecule has 1 atom stereocenters. The number of hydrogen-bond acceptors (Lipinski definition) is 3. The van der Waals surface area contributed by atoms with Crippen molar-refractivity contribution in [1.29, 1.82) is 0 Å². The summed E-state index contributed by atoms with van der Waals surface area (Å²) in [5, 5.41) is 5.81. The molecule has 1 aliphatic heterocycles. The molecule has 1 saturated heterocycles. The van der Waals surface area contributed by atoms with Crippen molar-refractivity contribution in [2.45, 2.75) is 18.9 Å². The van der Waals surface area contributed by atoms with Gasteiger partial charge in [-0.15, -0.1) is 0 Å². The molecule has 1 aliphatic rings. The van der Waals surface area contributed by atoms with Crippen molar-refractivity contribution in [3.63, 3.8) is 0 Å². The van der Waals surface area contributed by atoms with Crippen molar-refractivity contribution >= 4 is 5.91 Å². The van der Waals surface area contributed by atoms with Gasteiger partial charge in [-0.25, -0.2) is 8.78 Å². The Bertz CT molecular complexity index is 448. The van der Waals surface area contributed by atoms with E-state index in [4.69, 9.17) is 4.74 Å². The number of carbonyl (C=O) groups is 1. The number of hydrogen-bond donors (Lipinski definition) is 2. The summed E-state index contributed by atoms with van der Waals surface area (Å²) in [4.78, 5) is 11.6. The fourth-order valence-corrected chi connectivity index (χ4v) is 1.94. The van der Waals surface area contributed by atoms with Gasteiger partial charge in [-0.3, -0.25) is 4.79 Å². The van der Waals surface area contributed by atoms with Crippen LogP contribution in [0.25, 0.3) is 0 Å². The molecule has 2 N–H and O–H groups in total. The van der Waals surface area contributed by atoms with E-state index in [2.05, 4.69) is 10.6 Å². The molecule has 104 valence electrons. The number of benzene rings is 1. The number of rotatable bonds is 5. The zero-order valence-electron chi connectivity index (χ0n) is 10.4. The Morgan fingerprint density at radius 3 is 2.95 bits per heavy atom. The van der Waals surface area contributed by atoms with Gasteiger partial charge in [-0.2, -0.15) is 0 Å². The summed E-state index contributed by atoms with van der Waals surface area (Å²) in [6, 6.07) is 3.21. The summed E-state index contributed by atoms with van der Waals surface area (Å²) in [6.45, 7) is 1.41. The first kappa shape index (κ1) is 13.7. The summed E-state index contributed by atoms with van der Waals surface area (Å²) in [5.41, 5.74) is 0. The third kappa shape index (κ3) is 3.89. The van der Waals surface area contributed by atoms with Gasteiger partial charge in [0.05, 0.1) is 12.6 Å². The van der Waals surface area contributed by atoms with Crippen LogP contribution in [0, 0.1) is 11.6 Å². The fourth-order valence-electron chi connectivity index (χ4n) is 1.94. The van der Waals surface area contributed by atoms with Gasteiger partial charge < -0.3 is 15.4 Å². The zero-order valence-corrected chi connectivity index (χ0v) is 10.4. The molecule has 1 aromatic rings. The second kappa shape index (κ2) is 6.47. The molecule has 0 bridgehead atoms. The highest BCUT2D eigenvalue weighted by atomic mass is 19.2. The summed E-state index contributed by atoms with van der Waals surface area (Å²) in [5.74, 6) is -1.66. The van der Waals surface area contributed by atoms with Gasteiger partial charge in [0.15, 0.2) is 11.6 Å². The van der Waals surface area contributed by atoms with Crippen LogP contribution in [0.15, 0.2) is 18.2 Å². The Morgan fingerprint density at radius 1 is 1.42 bits per heavy atom.